The van der Waals surface area contributed by atoms with Gasteiger partial charge in [-0.3, -0.25) is 4.68 Å². The second-order valence-corrected chi connectivity index (χ2v) is 4.15. The number of hydrogen-bond donors (Lipinski definition) is 1. The maximum atomic E-state index is 4.41. The summed E-state index contributed by atoms with van der Waals surface area (Å²) < 4.78 is 1.91. The highest BCUT2D eigenvalue weighted by atomic mass is 15.3. The van der Waals surface area contributed by atoms with Crippen LogP contribution in [0.1, 0.15) is 25.3 Å². The summed E-state index contributed by atoms with van der Waals surface area (Å²) in [5, 5.41) is 8.74. The highest BCUT2D eigenvalue weighted by Crippen LogP contribution is 2.26. The highest BCUT2D eigenvalue weighted by Gasteiger charge is 2.08. The van der Waals surface area contributed by atoms with Crippen LogP contribution in [0.4, 0.5) is 5.82 Å². The molecule has 0 amide bonds. The molecule has 0 aliphatic rings. The Morgan fingerprint density at radius 2 is 2.07 bits per heavy atom. The molecule has 0 radical (unpaired) electrons. The van der Waals surface area contributed by atoms with Gasteiger partial charge in [0.2, 0.25) is 0 Å². The molecule has 0 saturated heterocycles. The van der Waals surface area contributed by atoms with Gasteiger partial charge in [-0.2, -0.15) is 5.10 Å². The highest BCUT2D eigenvalue weighted by molar-refractivity contribution is 5.90. The van der Waals surface area contributed by atoms with Crippen LogP contribution in [0, 0.1) is 0 Å². The molecule has 0 aliphatic heterocycles. The van der Waals surface area contributed by atoms with Crippen LogP contribution in [-0.2, 0) is 7.05 Å². The van der Waals surface area contributed by atoms with Gasteiger partial charge >= 0.3 is 0 Å². The number of nitrogens with zero attached hydrogens (tertiary/aromatic N) is 2. The maximum absolute atomic E-state index is 4.41. The van der Waals surface area contributed by atoms with Crippen molar-refractivity contribution in [2.75, 3.05) is 12.4 Å². The Labute approximate surface area is 90.1 Å². The van der Waals surface area contributed by atoms with Crippen molar-refractivity contribution in [3.63, 3.8) is 0 Å². The molecule has 0 spiro atoms. The van der Waals surface area contributed by atoms with Gasteiger partial charge in [0, 0.05) is 19.5 Å². The quantitative estimate of drug-likeness (QED) is 0.813. The summed E-state index contributed by atoms with van der Waals surface area (Å²) in [5.41, 5.74) is 2.52. The summed E-state index contributed by atoms with van der Waals surface area (Å²) in [6.45, 7) is 4.41. The van der Waals surface area contributed by atoms with E-state index < -0.39 is 0 Å². The maximum Gasteiger partial charge on any atom is 0.155 e. The van der Waals surface area contributed by atoms with Crippen LogP contribution in [0.15, 0.2) is 18.2 Å². The molecule has 0 atom stereocenters. The monoisotopic (exact) mass is 203 g/mol. The van der Waals surface area contributed by atoms with Gasteiger partial charge in [-0.05, 0) is 23.6 Å². The summed E-state index contributed by atoms with van der Waals surface area (Å²) in [6.07, 6.45) is 0. The molecule has 1 aromatic carbocycles. The molecule has 0 bridgehead atoms. The third-order valence-corrected chi connectivity index (χ3v) is 2.78. The van der Waals surface area contributed by atoms with Gasteiger partial charge in [-0.15, -0.1) is 0 Å². The minimum Gasteiger partial charge on any atom is -0.371 e. The van der Waals surface area contributed by atoms with E-state index in [-0.39, 0.29) is 0 Å². The van der Waals surface area contributed by atoms with Gasteiger partial charge in [-0.1, -0.05) is 19.9 Å². The number of rotatable bonds is 2. The van der Waals surface area contributed by atoms with Crippen molar-refractivity contribution in [1.82, 2.24) is 9.78 Å². The molecule has 1 aromatic heterocycles. The summed E-state index contributed by atoms with van der Waals surface area (Å²) in [6, 6.07) is 6.53. The predicted octanol–water partition coefficient (Wildman–Crippen LogP) is 2.74. The standard InChI is InChI=1S/C12H17N3/c1-8(2)9-5-6-11-10(7-9)12(13-3)14-15(11)4/h5-8H,1-4H3,(H,13,14). The average Bonchev–Trinajstić information content (AvgIpc) is 2.55. The molecule has 0 fully saturated rings. The van der Waals surface area contributed by atoms with Crippen molar-refractivity contribution in [3.8, 4) is 0 Å². The van der Waals surface area contributed by atoms with Crippen LogP contribution in [0.3, 0.4) is 0 Å². The summed E-state index contributed by atoms with van der Waals surface area (Å²) in [7, 11) is 3.88. The van der Waals surface area contributed by atoms with E-state index in [2.05, 4.69) is 42.5 Å². The number of nitrogens with one attached hydrogen (secondary N) is 1. The summed E-state index contributed by atoms with van der Waals surface area (Å²) >= 11 is 0. The van der Waals surface area contributed by atoms with E-state index in [0.29, 0.717) is 5.92 Å². The Morgan fingerprint density at radius 3 is 2.67 bits per heavy atom. The van der Waals surface area contributed by atoms with Crippen molar-refractivity contribution in [3.05, 3.63) is 23.8 Å². The van der Waals surface area contributed by atoms with E-state index in [9.17, 15) is 0 Å². The SMILES string of the molecule is CNc1nn(C)c2ccc(C(C)C)cc12. The first kappa shape index (κ1) is 10.0. The van der Waals surface area contributed by atoms with Gasteiger partial charge in [0.15, 0.2) is 5.82 Å². The zero-order valence-electron chi connectivity index (χ0n) is 9.70. The summed E-state index contributed by atoms with van der Waals surface area (Å²) in [4.78, 5) is 0. The molecule has 15 heavy (non-hydrogen) atoms. The second-order valence-electron chi connectivity index (χ2n) is 4.15. The molecular weight excluding hydrogens is 186 g/mol. The van der Waals surface area contributed by atoms with E-state index in [1.54, 1.807) is 0 Å². The first-order valence-electron chi connectivity index (χ1n) is 5.28. The molecule has 0 saturated carbocycles. The minimum atomic E-state index is 0.555. The Morgan fingerprint density at radius 1 is 1.33 bits per heavy atom. The van der Waals surface area contributed by atoms with Crippen molar-refractivity contribution in [1.29, 1.82) is 0 Å². The Kier molecular flexibility index (Phi) is 2.39. The number of fused-ring (bicyclic) bond motifs is 1. The smallest absolute Gasteiger partial charge is 0.155 e. The topological polar surface area (TPSA) is 29.9 Å². The number of anilines is 1. The lowest BCUT2D eigenvalue weighted by molar-refractivity contribution is 0.799. The normalized spacial score (nSPS) is 11.3. The van der Waals surface area contributed by atoms with Crippen LogP contribution in [0.2, 0.25) is 0 Å². The first-order chi connectivity index (χ1) is 7.13. The lowest BCUT2D eigenvalue weighted by atomic mass is 10.0. The van der Waals surface area contributed by atoms with Gasteiger partial charge in [0.25, 0.3) is 0 Å². The molecular formula is C12H17N3. The van der Waals surface area contributed by atoms with Crippen LogP contribution >= 0.6 is 0 Å². The van der Waals surface area contributed by atoms with Crippen LogP contribution < -0.4 is 5.32 Å². The van der Waals surface area contributed by atoms with E-state index in [1.807, 2.05) is 18.8 Å². The van der Waals surface area contributed by atoms with Crippen molar-refractivity contribution in [2.24, 2.45) is 7.05 Å². The molecule has 1 heterocycles. The van der Waals surface area contributed by atoms with Crippen LogP contribution in [0.25, 0.3) is 10.9 Å². The van der Waals surface area contributed by atoms with Gasteiger partial charge < -0.3 is 5.32 Å². The third kappa shape index (κ3) is 1.58. The summed E-state index contributed by atoms with van der Waals surface area (Å²) in [5.74, 6) is 1.51. The molecule has 80 valence electrons. The van der Waals surface area contributed by atoms with Gasteiger partial charge in [0.1, 0.15) is 0 Å². The van der Waals surface area contributed by atoms with Gasteiger partial charge in [-0.25, -0.2) is 0 Å². The Bertz CT molecular complexity index is 483. The molecule has 0 aliphatic carbocycles. The van der Waals surface area contributed by atoms with Crippen molar-refractivity contribution < 1.29 is 0 Å². The number of aryl methyl sites for hydroxylation is 1. The molecule has 3 nitrogen and oxygen atoms in total. The number of aromatic nitrogens is 2. The Hall–Kier alpha value is -1.51. The second kappa shape index (κ2) is 3.57. The van der Waals surface area contributed by atoms with Crippen molar-refractivity contribution >= 4 is 16.7 Å². The number of benzene rings is 1. The predicted molar refractivity (Wildman–Crippen MR) is 64.3 cm³/mol. The molecule has 0 unspecified atom stereocenters. The number of hydrogen-bond acceptors (Lipinski definition) is 2. The van der Waals surface area contributed by atoms with Crippen LogP contribution in [-0.4, -0.2) is 16.8 Å². The first-order valence-corrected chi connectivity index (χ1v) is 5.28. The largest absolute Gasteiger partial charge is 0.371 e. The fourth-order valence-corrected chi connectivity index (χ4v) is 1.83. The van der Waals surface area contributed by atoms with E-state index in [1.165, 1.54) is 16.5 Å². The van der Waals surface area contributed by atoms with E-state index in [0.717, 1.165) is 5.82 Å². The molecule has 2 rings (SSSR count). The minimum absolute atomic E-state index is 0.555. The fourth-order valence-electron chi connectivity index (χ4n) is 1.83. The zero-order chi connectivity index (χ0) is 11.0. The molecule has 1 N–H and O–H groups in total. The van der Waals surface area contributed by atoms with Gasteiger partial charge in [0.05, 0.1) is 5.52 Å². The van der Waals surface area contributed by atoms with Crippen LogP contribution in [0.5, 0.6) is 0 Å². The molecule has 2 aromatic rings. The molecule has 3 heteroatoms. The third-order valence-electron chi connectivity index (χ3n) is 2.78. The fraction of sp³-hybridized carbons (Fsp3) is 0.417. The lowest BCUT2D eigenvalue weighted by Gasteiger charge is -2.05. The van der Waals surface area contributed by atoms with E-state index in [4.69, 9.17) is 0 Å². The average molecular weight is 203 g/mol. The van der Waals surface area contributed by atoms with Crippen molar-refractivity contribution in [2.45, 2.75) is 19.8 Å². The Balaban J connectivity index is 2.68. The zero-order valence-corrected chi connectivity index (χ0v) is 9.70. The van der Waals surface area contributed by atoms with E-state index >= 15 is 0 Å². The lowest BCUT2D eigenvalue weighted by Crippen LogP contribution is -1.92.